The molecule has 1 aromatic rings. The average molecular weight is 239 g/mol. The molecule has 1 aromatic carbocycles. The molecular weight excluding hydrogens is 229 g/mol. The molecule has 0 aliphatic carbocycles. The molecule has 0 spiro atoms. The highest BCUT2D eigenvalue weighted by molar-refractivity contribution is 6.13. The summed E-state index contributed by atoms with van der Waals surface area (Å²) in [6.45, 7) is 1.27. The third kappa shape index (κ3) is 1.71. The molecule has 0 unspecified atom stereocenters. The van der Waals surface area contributed by atoms with Gasteiger partial charge in [-0.25, -0.2) is 9.18 Å². The number of esters is 1. The van der Waals surface area contributed by atoms with Gasteiger partial charge < -0.3 is 14.8 Å². The summed E-state index contributed by atoms with van der Waals surface area (Å²) in [6, 6.07) is 3.64. The van der Waals surface area contributed by atoms with Gasteiger partial charge >= 0.3 is 5.97 Å². The van der Waals surface area contributed by atoms with Crippen LogP contribution in [0.4, 0.5) is 10.1 Å². The molecule has 1 aliphatic heterocycles. The highest BCUT2D eigenvalue weighted by Crippen LogP contribution is 2.34. The monoisotopic (exact) mass is 239 g/mol. The lowest BCUT2D eigenvalue weighted by atomic mass is 10.0. The molecule has 0 fully saturated rings. The molecule has 90 valence electrons. The molecule has 0 aromatic heterocycles. The maximum atomic E-state index is 13.0. The maximum Gasteiger partial charge on any atom is 0.359 e. The summed E-state index contributed by atoms with van der Waals surface area (Å²) in [5, 5.41) is 2.46. The van der Waals surface area contributed by atoms with Crippen molar-refractivity contribution >= 4 is 17.6 Å². The summed E-state index contributed by atoms with van der Waals surface area (Å²) in [7, 11) is 1.14. The molecule has 0 saturated carbocycles. The number of anilines is 1. The number of nitrogens with one attached hydrogen (secondary N) is 1. The van der Waals surface area contributed by atoms with Crippen molar-refractivity contribution in [3.8, 4) is 5.75 Å². The van der Waals surface area contributed by atoms with Gasteiger partial charge in [0.05, 0.1) is 12.8 Å². The van der Waals surface area contributed by atoms with Crippen LogP contribution in [0.15, 0.2) is 18.2 Å². The van der Waals surface area contributed by atoms with E-state index in [-0.39, 0.29) is 5.75 Å². The van der Waals surface area contributed by atoms with Crippen LogP contribution in [0.1, 0.15) is 6.92 Å². The van der Waals surface area contributed by atoms with E-state index in [1.54, 1.807) is 0 Å². The summed E-state index contributed by atoms with van der Waals surface area (Å²) in [6.07, 6.45) is 0. The molecule has 1 atom stereocenters. The standard InChI is InChI=1S/C11H10FNO4/c1-11(10(15)16-2)9(14)13-7-4-3-6(12)5-8(7)17-11/h3-5H,1-2H3,(H,13,14)/t11-/m1/s1. The summed E-state index contributed by atoms with van der Waals surface area (Å²) in [4.78, 5) is 23.2. The van der Waals surface area contributed by atoms with E-state index in [2.05, 4.69) is 10.1 Å². The predicted octanol–water partition coefficient (Wildman–Crippen LogP) is 1.09. The van der Waals surface area contributed by atoms with Crippen molar-refractivity contribution < 1.29 is 23.5 Å². The Morgan fingerprint density at radius 1 is 1.53 bits per heavy atom. The van der Waals surface area contributed by atoms with Crippen LogP contribution in [0.25, 0.3) is 0 Å². The molecule has 1 amide bonds. The molecule has 6 heteroatoms. The molecule has 0 bridgehead atoms. The van der Waals surface area contributed by atoms with Crippen molar-refractivity contribution in [2.45, 2.75) is 12.5 Å². The van der Waals surface area contributed by atoms with Crippen LogP contribution < -0.4 is 10.1 Å². The number of ether oxygens (including phenoxy) is 2. The van der Waals surface area contributed by atoms with Crippen LogP contribution in [-0.4, -0.2) is 24.6 Å². The van der Waals surface area contributed by atoms with Crippen LogP contribution in [0, 0.1) is 5.82 Å². The first kappa shape index (κ1) is 11.4. The molecule has 1 aliphatic rings. The van der Waals surface area contributed by atoms with Crippen LogP contribution >= 0.6 is 0 Å². The molecule has 5 nitrogen and oxygen atoms in total. The van der Waals surface area contributed by atoms with Crippen molar-refractivity contribution in [1.82, 2.24) is 0 Å². The Kier molecular flexibility index (Phi) is 2.49. The summed E-state index contributed by atoms with van der Waals surface area (Å²) >= 11 is 0. The van der Waals surface area contributed by atoms with Gasteiger partial charge in [-0.05, 0) is 19.1 Å². The van der Waals surface area contributed by atoms with Gasteiger partial charge in [-0.2, -0.15) is 0 Å². The SMILES string of the molecule is COC(=O)[C@]1(C)Oc2cc(F)ccc2NC1=O. The van der Waals surface area contributed by atoms with Crippen molar-refractivity contribution in [2.75, 3.05) is 12.4 Å². The molecule has 0 radical (unpaired) electrons. The number of halogens is 1. The first-order valence-electron chi connectivity index (χ1n) is 4.86. The minimum Gasteiger partial charge on any atom is -0.466 e. The summed E-state index contributed by atoms with van der Waals surface area (Å²) < 4.78 is 22.7. The highest BCUT2D eigenvalue weighted by Gasteiger charge is 2.48. The Morgan fingerprint density at radius 3 is 2.88 bits per heavy atom. The Hall–Kier alpha value is -2.11. The Labute approximate surface area is 96.5 Å². The third-order valence-corrected chi connectivity index (χ3v) is 2.51. The van der Waals surface area contributed by atoms with Crippen LogP contribution in [0.2, 0.25) is 0 Å². The van der Waals surface area contributed by atoms with Gasteiger partial charge in [-0.15, -0.1) is 0 Å². The van der Waals surface area contributed by atoms with E-state index in [0.717, 1.165) is 13.2 Å². The molecule has 1 N–H and O–H groups in total. The molecule has 1 heterocycles. The fourth-order valence-corrected chi connectivity index (χ4v) is 1.52. The second-order valence-electron chi connectivity index (χ2n) is 3.72. The average Bonchev–Trinajstić information content (AvgIpc) is 2.30. The number of carbonyl (C=O) groups is 2. The van der Waals surface area contributed by atoms with Crippen LogP contribution in [0.3, 0.4) is 0 Å². The van der Waals surface area contributed by atoms with Crippen molar-refractivity contribution in [1.29, 1.82) is 0 Å². The normalized spacial score (nSPS) is 22.2. The van der Waals surface area contributed by atoms with Gasteiger partial charge in [-0.3, -0.25) is 4.79 Å². The van der Waals surface area contributed by atoms with Crippen molar-refractivity contribution in [3.05, 3.63) is 24.0 Å². The fraction of sp³-hybridized carbons (Fsp3) is 0.273. The minimum atomic E-state index is -1.80. The predicted molar refractivity (Wildman–Crippen MR) is 56.1 cm³/mol. The lowest BCUT2D eigenvalue weighted by Crippen LogP contribution is -2.54. The van der Waals surface area contributed by atoms with Crippen LogP contribution in [-0.2, 0) is 14.3 Å². The zero-order chi connectivity index (χ0) is 12.6. The Balaban J connectivity index is 2.44. The number of methoxy groups -OCH3 is 1. The molecule has 2 rings (SSSR count). The zero-order valence-electron chi connectivity index (χ0n) is 9.24. The van der Waals surface area contributed by atoms with Crippen molar-refractivity contribution in [2.24, 2.45) is 0 Å². The largest absolute Gasteiger partial charge is 0.466 e. The first-order chi connectivity index (χ1) is 7.97. The molecular formula is C11H10FNO4. The summed E-state index contributed by atoms with van der Waals surface area (Å²) in [5.41, 5.74) is -1.48. The Morgan fingerprint density at radius 2 is 2.24 bits per heavy atom. The van der Waals surface area contributed by atoms with Crippen LogP contribution in [0.5, 0.6) is 5.75 Å². The number of carbonyl (C=O) groups excluding carboxylic acids is 2. The van der Waals surface area contributed by atoms with Gasteiger partial charge in [0.15, 0.2) is 0 Å². The maximum absolute atomic E-state index is 13.0. The third-order valence-electron chi connectivity index (χ3n) is 2.51. The smallest absolute Gasteiger partial charge is 0.359 e. The topological polar surface area (TPSA) is 64.6 Å². The van der Waals surface area contributed by atoms with Gasteiger partial charge in [0.1, 0.15) is 11.6 Å². The number of amides is 1. The second-order valence-corrected chi connectivity index (χ2v) is 3.72. The summed E-state index contributed by atoms with van der Waals surface area (Å²) in [5.74, 6) is -1.92. The molecule has 0 saturated heterocycles. The number of fused-ring (bicyclic) bond motifs is 1. The van der Waals surface area contributed by atoms with E-state index in [4.69, 9.17) is 4.74 Å². The lowest BCUT2D eigenvalue weighted by Gasteiger charge is -2.31. The van der Waals surface area contributed by atoms with E-state index in [1.807, 2.05) is 0 Å². The lowest BCUT2D eigenvalue weighted by molar-refractivity contribution is -0.162. The zero-order valence-corrected chi connectivity index (χ0v) is 9.24. The van der Waals surface area contributed by atoms with E-state index in [9.17, 15) is 14.0 Å². The van der Waals surface area contributed by atoms with E-state index < -0.39 is 23.3 Å². The number of benzene rings is 1. The Bertz CT molecular complexity index is 502. The fourth-order valence-electron chi connectivity index (χ4n) is 1.52. The van der Waals surface area contributed by atoms with Gasteiger partial charge in [0.25, 0.3) is 11.5 Å². The quantitative estimate of drug-likeness (QED) is 0.588. The van der Waals surface area contributed by atoms with E-state index >= 15 is 0 Å². The minimum absolute atomic E-state index is 0.0949. The number of hydrogen-bond donors (Lipinski definition) is 1. The van der Waals surface area contributed by atoms with Gasteiger partial charge in [-0.1, -0.05) is 0 Å². The first-order valence-corrected chi connectivity index (χ1v) is 4.86. The molecule has 17 heavy (non-hydrogen) atoms. The number of rotatable bonds is 1. The number of hydrogen-bond acceptors (Lipinski definition) is 4. The van der Waals surface area contributed by atoms with Gasteiger partial charge in [0, 0.05) is 6.07 Å². The van der Waals surface area contributed by atoms with E-state index in [0.29, 0.717) is 5.69 Å². The van der Waals surface area contributed by atoms with Crippen molar-refractivity contribution in [3.63, 3.8) is 0 Å². The van der Waals surface area contributed by atoms with Gasteiger partial charge in [0.2, 0.25) is 0 Å². The highest BCUT2D eigenvalue weighted by atomic mass is 19.1. The second kappa shape index (κ2) is 3.73. The van der Waals surface area contributed by atoms with E-state index in [1.165, 1.54) is 19.1 Å².